The summed E-state index contributed by atoms with van der Waals surface area (Å²) >= 11 is 0. The molecule has 0 radical (unpaired) electrons. The molecule has 0 aliphatic carbocycles. The molecule has 1 aromatic heterocycles. The van der Waals surface area contributed by atoms with Crippen molar-refractivity contribution in [1.29, 1.82) is 0 Å². The van der Waals surface area contributed by atoms with Gasteiger partial charge in [0.1, 0.15) is 5.82 Å². The molecule has 0 bridgehead atoms. The number of nitrogens with one attached hydrogen (secondary N) is 1. The first kappa shape index (κ1) is 17.9. The first-order chi connectivity index (χ1) is 11.3. The van der Waals surface area contributed by atoms with E-state index in [1.165, 1.54) is 6.26 Å². The van der Waals surface area contributed by atoms with Crippen LogP contribution >= 0.6 is 0 Å². The van der Waals surface area contributed by atoms with Gasteiger partial charge in [0.25, 0.3) is 5.91 Å². The van der Waals surface area contributed by atoms with Crippen molar-refractivity contribution in [3.05, 3.63) is 59.3 Å². The average molecular weight is 347 g/mol. The van der Waals surface area contributed by atoms with Gasteiger partial charge in [-0.05, 0) is 23.8 Å². The Morgan fingerprint density at radius 3 is 2.62 bits per heavy atom. The van der Waals surface area contributed by atoms with Gasteiger partial charge in [-0.2, -0.15) is 0 Å². The summed E-state index contributed by atoms with van der Waals surface area (Å²) in [7, 11) is 0.647. The van der Waals surface area contributed by atoms with E-state index in [0.717, 1.165) is 11.4 Å². The number of hydrogen-bond acceptors (Lipinski definition) is 5. The molecule has 7 heteroatoms. The molecule has 2 aromatic rings. The third-order valence-electron chi connectivity index (χ3n) is 3.35. The summed E-state index contributed by atoms with van der Waals surface area (Å²) in [5.74, 6) is 0.462. The fourth-order valence-electron chi connectivity index (χ4n) is 2.35. The molecule has 128 valence electrons. The second kappa shape index (κ2) is 7.44. The van der Waals surface area contributed by atoms with E-state index in [9.17, 15) is 13.2 Å². The largest absolute Gasteiger partial charge is 0.362 e. The molecule has 0 atom stereocenters. The number of anilines is 1. The Labute approximate surface area is 142 Å². The van der Waals surface area contributed by atoms with Gasteiger partial charge in [0, 0.05) is 44.2 Å². The van der Waals surface area contributed by atoms with Crippen molar-refractivity contribution in [2.75, 3.05) is 25.3 Å². The van der Waals surface area contributed by atoms with Gasteiger partial charge in [0.15, 0.2) is 9.84 Å². The smallest absolute Gasteiger partial charge is 0.251 e. The van der Waals surface area contributed by atoms with E-state index < -0.39 is 9.84 Å². The molecule has 0 spiro atoms. The van der Waals surface area contributed by atoms with Crippen LogP contribution in [0.3, 0.4) is 0 Å². The van der Waals surface area contributed by atoms with Crippen LogP contribution in [0.5, 0.6) is 0 Å². The van der Waals surface area contributed by atoms with Gasteiger partial charge in [-0.25, -0.2) is 13.4 Å². The van der Waals surface area contributed by atoms with Crippen LogP contribution in [0.15, 0.2) is 42.6 Å². The highest BCUT2D eigenvalue weighted by Crippen LogP contribution is 2.14. The molecule has 1 amide bonds. The second-order valence-electron chi connectivity index (χ2n) is 5.83. The number of carbonyl (C=O) groups is 1. The molecule has 0 unspecified atom stereocenters. The minimum Gasteiger partial charge on any atom is -0.362 e. The molecule has 0 aliphatic heterocycles. The van der Waals surface area contributed by atoms with E-state index in [1.54, 1.807) is 30.5 Å². The summed E-state index contributed by atoms with van der Waals surface area (Å²) in [6.45, 7) is 0.344. The van der Waals surface area contributed by atoms with Gasteiger partial charge in [0.05, 0.1) is 5.75 Å². The van der Waals surface area contributed by atoms with Gasteiger partial charge in [0.2, 0.25) is 0 Å². The lowest BCUT2D eigenvalue weighted by Gasteiger charge is -2.16. The number of pyridine rings is 1. The lowest BCUT2D eigenvalue weighted by atomic mass is 10.1. The number of rotatable bonds is 6. The summed E-state index contributed by atoms with van der Waals surface area (Å²) in [6, 6.07) is 10.4. The normalized spacial score (nSPS) is 11.1. The van der Waals surface area contributed by atoms with Crippen LogP contribution in [0, 0.1) is 0 Å². The summed E-state index contributed by atoms with van der Waals surface area (Å²) in [4.78, 5) is 18.5. The fraction of sp³-hybridized carbons (Fsp3) is 0.294. The SMILES string of the molecule is CN(C)c1ncccc1CNC(=O)c1cccc(CS(C)(=O)=O)c1. The van der Waals surface area contributed by atoms with Crippen molar-refractivity contribution in [3.8, 4) is 0 Å². The molecule has 0 saturated carbocycles. The molecular weight excluding hydrogens is 326 g/mol. The molecule has 0 aliphatic rings. The van der Waals surface area contributed by atoms with Gasteiger partial charge in [-0.1, -0.05) is 18.2 Å². The number of carbonyl (C=O) groups excluding carboxylic acids is 1. The Morgan fingerprint density at radius 1 is 1.21 bits per heavy atom. The van der Waals surface area contributed by atoms with Gasteiger partial charge in [-0.3, -0.25) is 4.79 Å². The summed E-state index contributed by atoms with van der Waals surface area (Å²) in [6.07, 6.45) is 2.88. The van der Waals surface area contributed by atoms with Crippen LogP contribution in [0.1, 0.15) is 21.5 Å². The van der Waals surface area contributed by atoms with E-state index in [1.807, 2.05) is 31.1 Å². The maximum absolute atomic E-state index is 12.3. The monoisotopic (exact) mass is 347 g/mol. The van der Waals surface area contributed by atoms with Crippen molar-refractivity contribution in [2.24, 2.45) is 0 Å². The molecule has 6 nitrogen and oxygen atoms in total. The summed E-state index contributed by atoms with van der Waals surface area (Å²) < 4.78 is 22.8. The number of sulfone groups is 1. The molecule has 1 aromatic carbocycles. The van der Waals surface area contributed by atoms with Crippen LogP contribution < -0.4 is 10.2 Å². The molecule has 2 rings (SSSR count). The van der Waals surface area contributed by atoms with Gasteiger partial charge in [-0.15, -0.1) is 0 Å². The van der Waals surface area contributed by atoms with Crippen LogP contribution in [0.25, 0.3) is 0 Å². The zero-order valence-corrected chi connectivity index (χ0v) is 14.8. The third-order valence-corrected chi connectivity index (χ3v) is 4.21. The van der Waals surface area contributed by atoms with Crippen molar-refractivity contribution in [3.63, 3.8) is 0 Å². The van der Waals surface area contributed by atoms with Gasteiger partial charge >= 0.3 is 0 Å². The fourth-order valence-corrected chi connectivity index (χ4v) is 3.14. The Morgan fingerprint density at radius 2 is 1.96 bits per heavy atom. The highest BCUT2D eigenvalue weighted by Gasteiger charge is 2.11. The first-order valence-electron chi connectivity index (χ1n) is 7.42. The zero-order valence-electron chi connectivity index (χ0n) is 14.0. The summed E-state index contributed by atoms with van der Waals surface area (Å²) in [5, 5.41) is 2.85. The maximum Gasteiger partial charge on any atom is 0.251 e. The van der Waals surface area contributed by atoms with Crippen LogP contribution in [0.4, 0.5) is 5.82 Å². The Hall–Kier alpha value is -2.41. The highest BCUT2D eigenvalue weighted by molar-refractivity contribution is 7.89. The number of hydrogen-bond donors (Lipinski definition) is 1. The summed E-state index contributed by atoms with van der Waals surface area (Å²) in [5.41, 5.74) is 1.94. The molecular formula is C17H21N3O3S. The van der Waals surface area contributed by atoms with Crippen molar-refractivity contribution >= 4 is 21.6 Å². The standard InChI is InChI=1S/C17H21N3O3S/c1-20(2)16-15(8-5-9-18-16)11-19-17(21)14-7-4-6-13(10-14)12-24(3,22)23/h4-10H,11-12H2,1-3H3,(H,19,21). The number of nitrogens with zero attached hydrogens (tertiary/aromatic N) is 2. The molecule has 0 saturated heterocycles. The predicted molar refractivity (Wildman–Crippen MR) is 94.7 cm³/mol. The van der Waals surface area contributed by atoms with Crippen molar-refractivity contribution < 1.29 is 13.2 Å². The molecule has 1 heterocycles. The Kier molecular flexibility index (Phi) is 5.56. The second-order valence-corrected chi connectivity index (χ2v) is 7.97. The van der Waals surface area contributed by atoms with E-state index in [-0.39, 0.29) is 11.7 Å². The van der Waals surface area contributed by atoms with Crippen LogP contribution in [-0.4, -0.2) is 39.7 Å². The van der Waals surface area contributed by atoms with Gasteiger partial charge < -0.3 is 10.2 Å². The van der Waals surface area contributed by atoms with Crippen LogP contribution in [0.2, 0.25) is 0 Å². The van der Waals surface area contributed by atoms with Crippen molar-refractivity contribution in [2.45, 2.75) is 12.3 Å². The number of amides is 1. The zero-order chi connectivity index (χ0) is 17.7. The minimum absolute atomic E-state index is 0.0818. The topological polar surface area (TPSA) is 79.4 Å². The lowest BCUT2D eigenvalue weighted by molar-refractivity contribution is 0.0951. The maximum atomic E-state index is 12.3. The van der Waals surface area contributed by atoms with Crippen molar-refractivity contribution in [1.82, 2.24) is 10.3 Å². The molecule has 1 N–H and O–H groups in total. The lowest BCUT2D eigenvalue weighted by Crippen LogP contribution is -2.24. The first-order valence-corrected chi connectivity index (χ1v) is 9.48. The minimum atomic E-state index is -3.14. The van der Waals surface area contributed by atoms with E-state index >= 15 is 0 Å². The van der Waals surface area contributed by atoms with E-state index in [0.29, 0.717) is 17.7 Å². The Bertz CT molecular complexity index is 832. The highest BCUT2D eigenvalue weighted by atomic mass is 32.2. The Balaban J connectivity index is 2.10. The predicted octanol–water partition coefficient (Wildman–Crippen LogP) is 1.62. The number of aromatic nitrogens is 1. The van der Waals surface area contributed by atoms with E-state index in [4.69, 9.17) is 0 Å². The molecule has 24 heavy (non-hydrogen) atoms. The number of benzene rings is 1. The van der Waals surface area contributed by atoms with E-state index in [2.05, 4.69) is 10.3 Å². The van der Waals surface area contributed by atoms with Crippen LogP contribution in [-0.2, 0) is 22.1 Å². The quantitative estimate of drug-likeness (QED) is 0.859. The third kappa shape index (κ3) is 5.06. The average Bonchev–Trinajstić information content (AvgIpc) is 2.51. The molecule has 0 fully saturated rings.